The van der Waals surface area contributed by atoms with Crippen molar-refractivity contribution in [2.24, 2.45) is 0 Å². The Bertz CT molecular complexity index is 729. The van der Waals surface area contributed by atoms with Gasteiger partial charge < -0.3 is 9.47 Å². The molecule has 0 radical (unpaired) electrons. The van der Waals surface area contributed by atoms with Crippen molar-refractivity contribution in [3.63, 3.8) is 0 Å². The summed E-state index contributed by atoms with van der Waals surface area (Å²) in [6, 6.07) is 16.5. The number of amides is 1. The van der Waals surface area contributed by atoms with E-state index in [1.54, 1.807) is 18.1 Å². The van der Waals surface area contributed by atoms with E-state index >= 15 is 0 Å². The Hall–Kier alpha value is -2.82. The van der Waals surface area contributed by atoms with Crippen molar-refractivity contribution >= 4 is 17.6 Å². The number of carbonyl (C=O) groups excluding carboxylic acids is 2. The molecular formula is C18H17NO4. The third kappa shape index (κ3) is 2.77. The lowest BCUT2D eigenvalue weighted by Gasteiger charge is -2.46. The second kappa shape index (κ2) is 6.12. The molecule has 1 heterocycles. The van der Waals surface area contributed by atoms with Gasteiger partial charge in [0, 0.05) is 18.7 Å². The average molecular weight is 311 g/mol. The SMILES string of the molecule is COc1cccc(N2C(=O)[C@@H](OC(C)=O)[C@H]2c2ccccc2)c1. The Morgan fingerprint density at radius 2 is 1.83 bits per heavy atom. The molecule has 1 aliphatic heterocycles. The van der Waals surface area contributed by atoms with Crippen molar-refractivity contribution < 1.29 is 19.1 Å². The van der Waals surface area contributed by atoms with Gasteiger partial charge in [-0.15, -0.1) is 0 Å². The summed E-state index contributed by atoms with van der Waals surface area (Å²) in [4.78, 5) is 25.4. The second-order valence-electron chi connectivity index (χ2n) is 5.30. The summed E-state index contributed by atoms with van der Waals surface area (Å²) in [7, 11) is 1.58. The van der Waals surface area contributed by atoms with Gasteiger partial charge in [-0.25, -0.2) is 0 Å². The number of methoxy groups -OCH3 is 1. The van der Waals surface area contributed by atoms with E-state index in [1.165, 1.54) is 6.92 Å². The number of hydrogen-bond acceptors (Lipinski definition) is 4. The average Bonchev–Trinajstić information content (AvgIpc) is 2.58. The molecule has 5 heteroatoms. The van der Waals surface area contributed by atoms with Gasteiger partial charge in [-0.2, -0.15) is 0 Å². The van der Waals surface area contributed by atoms with Crippen molar-refractivity contribution in [1.82, 2.24) is 0 Å². The van der Waals surface area contributed by atoms with E-state index in [0.29, 0.717) is 11.4 Å². The van der Waals surface area contributed by atoms with Crippen LogP contribution in [-0.4, -0.2) is 25.1 Å². The van der Waals surface area contributed by atoms with E-state index in [0.717, 1.165) is 5.56 Å². The van der Waals surface area contributed by atoms with Gasteiger partial charge >= 0.3 is 5.97 Å². The number of carbonyl (C=O) groups is 2. The van der Waals surface area contributed by atoms with Crippen LogP contribution in [0.1, 0.15) is 18.5 Å². The van der Waals surface area contributed by atoms with Crippen molar-refractivity contribution in [2.75, 3.05) is 12.0 Å². The molecule has 2 aromatic rings. The van der Waals surface area contributed by atoms with Gasteiger partial charge in [0.25, 0.3) is 5.91 Å². The third-order valence-corrected chi connectivity index (χ3v) is 3.81. The number of β-lactam (4-membered cyclic amide) rings is 1. The molecular weight excluding hydrogens is 294 g/mol. The summed E-state index contributed by atoms with van der Waals surface area (Å²) >= 11 is 0. The zero-order valence-electron chi connectivity index (χ0n) is 12.9. The normalized spacial score (nSPS) is 19.9. The third-order valence-electron chi connectivity index (χ3n) is 3.81. The molecule has 2 atom stereocenters. The fourth-order valence-electron chi connectivity index (χ4n) is 2.78. The molecule has 2 aromatic carbocycles. The Morgan fingerprint density at radius 3 is 2.48 bits per heavy atom. The number of benzene rings is 2. The number of ether oxygens (including phenoxy) is 2. The maximum Gasteiger partial charge on any atom is 0.303 e. The Balaban J connectivity index is 1.97. The first-order valence-corrected chi connectivity index (χ1v) is 7.31. The summed E-state index contributed by atoms with van der Waals surface area (Å²) < 4.78 is 10.4. The van der Waals surface area contributed by atoms with Gasteiger partial charge in [0.2, 0.25) is 6.10 Å². The minimum absolute atomic E-state index is 0.234. The molecule has 0 saturated carbocycles. The molecule has 1 aliphatic rings. The summed E-state index contributed by atoms with van der Waals surface area (Å²) in [5.74, 6) is -0.0325. The minimum Gasteiger partial charge on any atom is -0.497 e. The molecule has 1 fully saturated rings. The number of nitrogens with zero attached hydrogens (tertiary/aromatic N) is 1. The highest BCUT2D eigenvalue weighted by molar-refractivity contribution is 6.06. The molecule has 0 aliphatic carbocycles. The van der Waals surface area contributed by atoms with Crippen molar-refractivity contribution in [3.05, 3.63) is 60.2 Å². The molecule has 5 nitrogen and oxygen atoms in total. The van der Waals surface area contributed by atoms with E-state index in [2.05, 4.69) is 0 Å². The molecule has 118 valence electrons. The molecule has 1 saturated heterocycles. The lowest BCUT2D eigenvalue weighted by Crippen LogP contribution is -2.60. The summed E-state index contributed by atoms with van der Waals surface area (Å²) in [6.45, 7) is 1.31. The molecule has 0 unspecified atom stereocenters. The van der Waals surface area contributed by atoms with Gasteiger partial charge in [0.05, 0.1) is 7.11 Å². The van der Waals surface area contributed by atoms with Gasteiger partial charge in [-0.3, -0.25) is 14.5 Å². The predicted molar refractivity (Wildman–Crippen MR) is 85.2 cm³/mol. The van der Waals surface area contributed by atoms with E-state index < -0.39 is 12.1 Å². The van der Waals surface area contributed by atoms with Gasteiger partial charge in [-0.05, 0) is 17.7 Å². The van der Waals surface area contributed by atoms with Crippen LogP contribution in [0.25, 0.3) is 0 Å². The number of anilines is 1. The number of rotatable bonds is 4. The minimum atomic E-state index is -0.791. The fourth-order valence-corrected chi connectivity index (χ4v) is 2.78. The van der Waals surface area contributed by atoms with E-state index in [1.807, 2.05) is 48.5 Å². The highest BCUT2D eigenvalue weighted by Crippen LogP contribution is 2.41. The molecule has 0 spiro atoms. The zero-order valence-corrected chi connectivity index (χ0v) is 12.9. The second-order valence-corrected chi connectivity index (χ2v) is 5.30. The lowest BCUT2D eigenvalue weighted by molar-refractivity contribution is -0.160. The van der Waals surface area contributed by atoms with Crippen LogP contribution in [0.4, 0.5) is 5.69 Å². The van der Waals surface area contributed by atoms with Crippen LogP contribution in [0.5, 0.6) is 5.75 Å². The van der Waals surface area contributed by atoms with E-state index in [-0.39, 0.29) is 11.9 Å². The number of esters is 1. The maximum absolute atomic E-state index is 12.5. The highest BCUT2D eigenvalue weighted by Gasteiger charge is 2.51. The van der Waals surface area contributed by atoms with Gasteiger partial charge in [-0.1, -0.05) is 36.4 Å². The Labute approximate surface area is 134 Å². The maximum atomic E-state index is 12.5. The molecule has 0 N–H and O–H groups in total. The Morgan fingerprint density at radius 1 is 1.09 bits per heavy atom. The van der Waals surface area contributed by atoms with Gasteiger partial charge in [0.1, 0.15) is 11.8 Å². The molecule has 3 rings (SSSR count). The van der Waals surface area contributed by atoms with Crippen LogP contribution < -0.4 is 9.64 Å². The van der Waals surface area contributed by atoms with Crippen molar-refractivity contribution in [3.8, 4) is 5.75 Å². The Kier molecular flexibility index (Phi) is 4.02. The molecule has 0 aromatic heterocycles. The van der Waals surface area contributed by atoms with Crippen LogP contribution in [0.2, 0.25) is 0 Å². The topological polar surface area (TPSA) is 55.8 Å². The molecule has 0 bridgehead atoms. The highest BCUT2D eigenvalue weighted by atomic mass is 16.6. The van der Waals surface area contributed by atoms with Crippen molar-refractivity contribution in [2.45, 2.75) is 19.1 Å². The quantitative estimate of drug-likeness (QED) is 0.643. The standard InChI is InChI=1S/C18H17NO4/c1-12(20)23-17-16(13-7-4-3-5-8-13)19(18(17)21)14-9-6-10-15(11-14)22-2/h3-11,16-17H,1-2H3/t16-,17+/m1/s1. The summed E-state index contributed by atoms with van der Waals surface area (Å²) in [5.41, 5.74) is 1.63. The summed E-state index contributed by atoms with van der Waals surface area (Å²) in [6.07, 6.45) is -0.791. The first-order valence-electron chi connectivity index (χ1n) is 7.31. The van der Waals surface area contributed by atoms with E-state index in [4.69, 9.17) is 9.47 Å². The fraction of sp³-hybridized carbons (Fsp3) is 0.222. The first kappa shape index (κ1) is 15.1. The van der Waals surface area contributed by atoms with Gasteiger partial charge in [0.15, 0.2) is 0 Å². The lowest BCUT2D eigenvalue weighted by atomic mass is 9.89. The van der Waals surface area contributed by atoms with Crippen molar-refractivity contribution in [1.29, 1.82) is 0 Å². The van der Waals surface area contributed by atoms with Crippen LogP contribution in [0.15, 0.2) is 54.6 Å². The molecule has 1 amide bonds. The monoisotopic (exact) mass is 311 g/mol. The molecule has 23 heavy (non-hydrogen) atoms. The number of hydrogen-bond donors (Lipinski definition) is 0. The smallest absolute Gasteiger partial charge is 0.303 e. The van der Waals surface area contributed by atoms with Crippen LogP contribution in [-0.2, 0) is 14.3 Å². The van der Waals surface area contributed by atoms with Crippen LogP contribution in [0.3, 0.4) is 0 Å². The largest absolute Gasteiger partial charge is 0.497 e. The predicted octanol–water partition coefficient (Wildman–Crippen LogP) is 2.71. The summed E-state index contributed by atoms with van der Waals surface area (Å²) in [5, 5.41) is 0. The van der Waals surface area contributed by atoms with Crippen LogP contribution in [0, 0.1) is 0 Å². The van der Waals surface area contributed by atoms with Crippen LogP contribution >= 0.6 is 0 Å². The zero-order chi connectivity index (χ0) is 16.4. The van der Waals surface area contributed by atoms with E-state index in [9.17, 15) is 9.59 Å². The first-order chi connectivity index (χ1) is 11.1.